The van der Waals surface area contributed by atoms with Gasteiger partial charge in [-0.3, -0.25) is 4.99 Å². The fourth-order valence-corrected chi connectivity index (χ4v) is 3.45. The lowest BCUT2D eigenvalue weighted by Crippen LogP contribution is -2.02. The zero-order valence-corrected chi connectivity index (χ0v) is 18.4. The van der Waals surface area contributed by atoms with Gasteiger partial charge >= 0.3 is 0 Å². The highest BCUT2D eigenvalue weighted by Gasteiger charge is 2.12. The maximum Gasteiger partial charge on any atom is 0.174 e. The molecule has 29 heavy (non-hydrogen) atoms. The van der Waals surface area contributed by atoms with Crippen molar-refractivity contribution >= 4 is 34.5 Å². The summed E-state index contributed by atoms with van der Waals surface area (Å²) < 4.78 is 31.4. The summed E-state index contributed by atoms with van der Waals surface area (Å²) in [4.78, 5) is 4.50. The quantitative estimate of drug-likeness (QED) is 0.272. The third-order valence-corrected chi connectivity index (χ3v) is 4.89. The lowest BCUT2D eigenvalue weighted by molar-refractivity contribution is 0.277. The van der Waals surface area contributed by atoms with Crippen LogP contribution in [0.3, 0.4) is 0 Å². The highest BCUT2D eigenvalue weighted by atomic mass is 127. The van der Waals surface area contributed by atoms with E-state index < -0.39 is 0 Å². The normalized spacial score (nSPS) is 10.9. The number of hydrogen-bond donors (Lipinski definition) is 0. The molecule has 0 aromatic heterocycles. The molecular weight excluding hydrogens is 484 g/mol. The maximum absolute atomic E-state index is 13.8. The lowest BCUT2D eigenvalue weighted by Gasteiger charge is -2.14. The van der Waals surface area contributed by atoms with Crippen LogP contribution in [-0.2, 0) is 6.61 Å². The summed E-state index contributed by atoms with van der Waals surface area (Å²) in [5.74, 6) is 1.68. The van der Waals surface area contributed by atoms with Crippen molar-refractivity contribution in [3.05, 3.63) is 81.2 Å². The number of aliphatic imine (C=N–C) groups is 1. The van der Waals surface area contributed by atoms with Crippen LogP contribution in [0.4, 0.5) is 10.1 Å². The van der Waals surface area contributed by atoms with E-state index in [0.29, 0.717) is 23.7 Å². The van der Waals surface area contributed by atoms with Crippen LogP contribution >= 0.6 is 22.6 Å². The Morgan fingerprint density at radius 2 is 1.79 bits per heavy atom. The van der Waals surface area contributed by atoms with Gasteiger partial charge in [-0.05, 0) is 77.5 Å². The summed E-state index contributed by atoms with van der Waals surface area (Å²) in [6.45, 7) is 2.70. The van der Waals surface area contributed by atoms with Gasteiger partial charge in [-0.15, -0.1) is 0 Å². The summed E-state index contributed by atoms with van der Waals surface area (Å²) >= 11 is 2.18. The molecule has 3 aromatic carbocycles. The van der Waals surface area contributed by atoms with Gasteiger partial charge in [0.05, 0.1) is 23.0 Å². The third kappa shape index (κ3) is 5.69. The van der Waals surface area contributed by atoms with Crippen molar-refractivity contribution in [1.29, 1.82) is 0 Å². The largest absolute Gasteiger partial charge is 0.494 e. The molecule has 0 saturated carbocycles. The number of hydrogen-bond acceptors (Lipinski definition) is 4. The summed E-state index contributed by atoms with van der Waals surface area (Å²) in [6.07, 6.45) is 1.76. The predicted molar refractivity (Wildman–Crippen MR) is 121 cm³/mol. The lowest BCUT2D eigenvalue weighted by atomic mass is 10.2. The van der Waals surface area contributed by atoms with Gasteiger partial charge in [0, 0.05) is 11.8 Å². The Morgan fingerprint density at radius 1 is 1.03 bits per heavy atom. The van der Waals surface area contributed by atoms with Crippen LogP contribution in [0.15, 0.2) is 65.7 Å². The highest BCUT2D eigenvalue weighted by molar-refractivity contribution is 14.1. The zero-order chi connectivity index (χ0) is 20.6. The Hall–Kier alpha value is -2.61. The average Bonchev–Trinajstić information content (AvgIpc) is 2.73. The fraction of sp³-hybridized carbons (Fsp3) is 0.174. The van der Waals surface area contributed by atoms with Crippen molar-refractivity contribution in [2.45, 2.75) is 13.5 Å². The number of methoxy groups -OCH3 is 1. The van der Waals surface area contributed by atoms with Crippen molar-refractivity contribution in [3.8, 4) is 17.2 Å². The van der Waals surface area contributed by atoms with Crippen LogP contribution in [-0.4, -0.2) is 19.9 Å². The Labute approximate surface area is 183 Å². The SMILES string of the molecule is CCOc1ccc(N=Cc2cc(I)c(OCc3ccccc3F)c(OC)c2)cc1. The Kier molecular flexibility index (Phi) is 7.46. The molecule has 0 spiro atoms. The first-order valence-electron chi connectivity index (χ1n) is 9.11. The van der Waals surface area contributed by atoms with Crippen molar-refractivity contribution in [2.75, 3.05) is 13.7 Å². The standard InChI is InChI=1S/C23H21FINO3/c1-3-28-19-10-8-18(9-11-19)26-14-16-12-21(25)23(22(13-16)27-2)29-15-17-6-4-5-7-20(17)24/h4-14H,3,15H2,1-2H3. The molecule has 0 atom stereocenters. The second-order valence-corrected chi connectivity index (χ2v) is 7.26. The Morgan fingerprint density at radius 3 is 2.48 bits per heavy atom. The first-order chi connectivity index (χ1) is 14.1. The molecule has 0 radical (unpaired) electrons. The molecule has 0 unspecified atom stereocenters. The summed E-state index contributed by atoms with van der Waals surface area (Å²) in [7, 11) is 1.58. The van der Waals surface area contributed by atoms with E-state index in [1.165, 1.54) is 6.07 Å². The molecule has 0 aliphatic heterocycles. The molecule has 4 nitrogen and oxygen atoms in total. The van der Waals surface area contributed by atoms with Crippen LogP contribution in [0.2, 0.25) is 0 Å². The van der Waals surface area contributed by atoms with Gasteiger partial charge in [0.1, 0.15) is 18.2 Å². The molecule has 0 bridgehead atoms. The Bertz CT molecular complexity index is 990. The molecule has 0 saturated heterocycles. The molecule has 0 N–H and O–H groups in total. The molecule has 3 rings (SSSR count). The second kappa shape index (κ2) is 10.2. The molecule has 6 heteroatoms. The molecule has 3 aromatic rings. The Balaban J connectivity index is 1.76. The van der Waals surface area contributed by atoms with Crippen LogP contribution in [0, 0.1) is 9.39 Å². The van der Waals surface area contributed by atoms with Crippen LogP contribution < -0.4 is 14.2 Å². The van der Waals surface area contributed by atoms with Crippen LogP contribution in [0.1, 0.15) is 18.1 Å². The molecule has 0 fully saturated rings. The summed E-state index contributed by atoms with van der Waals surface area (Å²) in [6, 6.07) is 17.9. The van der Waals surface area contributed by atoms with Gasteiger partial charge in [0.25, 0.3) is 0 Å². The van der Waals surface area contributed by atoms with E-state index >= 15 is 0 Å². The van der Waals surface area contributed by atoms with E-state index in [0.717, 1.165) is 20.6 Å². The van der Waals surface area contributed by atoms with Crippen molar-refractivity contribution in [3.63, 3.8) is 0 Å². The van der Waals surface area contributed by atoms with Gasteiger partial charge in [-0.1, -0.05) is 18.2 Å². The van der Waals surface area contributed by atoms with Crippen molar-refractivity contribution in [2.24, 2.45) is 4.99 Å². The van der Waals surface area contributed by atoms with Crippen LogP contribution in [0.25, 0.3) is 0 Å². The van der Waals surface area contributed by atoms with E-state index in [4.69, 9.17) is 14.2 Å². The highest BCUT2D eigenvalue weighted by Crippen LogP contribution is 2.34. The summed E-state index contributed by atoms with van der Waals surface area (Å²) in [5.41, 5.74) is 2.19. The minimum Gasteiger partial charge on any atom is -0.494 e. The smallest absolute Gasteiger partial charge is 0.174 e. The van der Waals surface area contributed by atoms with E-state index in [1.807, 2.05) is 43.3 Å². The summed E-state index contributed by atoms with van der Waals surface area (Å²) in [5, 5.41) is 0. The molecule has 0 aliphatic carbocycles. The number of benzene rings is 3. The number of halogens is 2. The topological polar surface area (TPSA) is 40.0 Å². The van der Waals surface area contributed by atoms with E-state index in [1.54, 1.807) is 31.5 Å². The monoisotopic (exact) mass is 505 g/mol. The number of nitrogens with zero attached hydrogens (tertiary/aromatic N) is 1. The van der Waals surface area contributed by atoms with Gasteiger partial charge < -0.3 is 14.2 Å². The van der Waals surface area contributed by atoms with Gasteiger partial charge in [0.2, 0.25) is 0 Å². The molecule has 150 valence electrons. The predicted octanol–water partition coefficient (Wildman–Crippen LogP) is 6.17. The minimum absolute atomic E-state index is 0.124. The van der Waals surface area contributed by atoms with E-state index in [2.05, 4.69) is 27.6 Å². The van der Waals surface area contributed by atoms with Gasteiger partial charge in [-0.2, -0.15) is 0 Å². The van der Waals surface area contributed by atoms with Gasteiger partial charge in [-0.25, -0.2) is 4.39 Å². The molecule has 0 aliphatic rings. The zero-order valence-electron chi connectivity index (χ0n) is 16.2. The molecule has 0 heterocycles. The van der Waals surface area contributed by atoms with E-state index in [9.17, 15) is 4.39 Å². The number of rotatable bonds is 8. The average molecular weight is 505 g/mol. The fourth-order valence-electron chi connectivity index (χ4n) is 2.66. The molecular formula is C23H21FINO3. The first kappa shape index (κ1) is 21.1. The minimum atomic E-state index is -0.291. The van der Waals surface area contributed by atoms with Crippen molar-refractivity contribution in [1.82, 2.24) is 0 Å². The van der Waals surface area contributed by atoms with Gasteiger partial charge in [0.15, 0.2) is 11.5 Å². The number of ether oxygens (including phenoxy) is 3. The first-order valence-corrected chi connectivity index (χ1v) is 10.2. The molecule has 0 amide bonds. The van der Waals surface area contributed by atoms with E-state index in [-0.39, 0.29) is 12.4 Å². The van der Waals surface area contributed by atoms with Crippen LogP contribution in [0.5, 0.6) is 17.2 Å². The maximum atomic E-state index is 13.8. The van der Waals surface area contributed by atoms with Crippen molar-refractivity contribution < 1.29 is 18.6 Å². The third-order valence-electron chi connectivity index (χ3n) is 4.09. The second-order valence-electron chi connectivity index (χ2n) is 6.10.